The first-order chi connectivity index (χ1) is 12.5. The molecule has 2 fully saturated rings. The van der Waals surface area contributed by atoms with Crippen LogP contribution in [-0.4, -0.2) is 31.8 Å². The standard InChI is InChI=1S/C21H34O5/c1-4-21(13-24-16(2)3)14-25-19(22)17-9-6-5-7-10-18(12-8-11-17)20(23)26-15-21/h17-18H,2,4-15H2,1,3H3. The summed E-state index contributed by atoms with van der Waals surface area (Å²) in [5.74, 6) is 0.276. The quantitative estimate of drug-likeness (QED) is 0.545. The molecule has 0 amide bonds. The number of rotatable bonds is 4. The number of ether oxygens (including phenoxy) is 3. The van der Waals surface area contributed by atoms with Crippen molar-refractivity contribution in [1.29, 1.82) is 0 Å². The lowest BCUT2D eigenvalue weighted by molar-refractivity contribution is -0.164. The van der Waals surface area contributed by atoms with Gasteiger partial charge in [-0.15, -0.1) is 0 Å². The first-order valence-corrected chi connectivity index (χ1v) is 10.1. The van der Waals surface area contributed by atoms with E-state index in [9.17, 15) is 9.59 Å². The zero-order valence-corrected chi connectivity index (χ0v) is 16.4. The predicted octanol–water partition coefficient (Wildman–Crippen LogP) is 4.40. The molecule has 26 heavy (non-hydrogen) atoms. The minimum Gasteiger partial charge on any atom is -0.498 e. The van der Waals surface area contributed by atoms with Crippen LogP contribution in [0.4, 0.5) is 0 Å². The highest BCUT2D eigenvalue weighted by atomic mass is 16.6. The number of allylic oxidation sites excluding steroid dienone is 1. The van der Waals surface area contributed by atoms with Crippen LogP contribution in [0.25, 0.3) is 0 Å². The van der Waals surface area contributed by atoms with Gasteiger partial charge in [0.2, 0.25) is 0 Å². The van der Waals surface area contributed by atoms with Crippen LogP contribution in [-0.2, 0) is 23.8 Å². The van der Waals surface area contributed by atoms with Gasteiger partial charge in [-0.3, -0.25) is 9.59 Å². The third-order valence-corrected chi connectivity index (χ3v) is 5.79. The van der Waals surface area contributed by atoms with Crippen molar-refractivity contribution < 1.29 is 23.8 Å². The molecular formula is C21H34O5. The molecule has 0 spiro atoms. The molecule has 0 aromatic heterocycles. The Morgan fingerprint density at radius 3 is 1.96 bits per heavy atom. The van der Waals surface area contributed by atoms with Gasteiger partial charge < -0.3 is 14.2 Å². The Hall–Kier alpha value is -1.52. The summed E-state index contributed by atoms with van der Waals surface area (Å²) in [5.41, 5.74) is -0.525. The second-order valence-corrected chi connectivity index (χ2v) is 8.02. The molecule has 0 aromatic rings. The fourth-order valence-corrected chi connectivity index (χ4v) is 3.72. The SMILES string of the molecule is C=C(C)OCC1(CC)COC(=O)C2CCCCCC(CCC2)C(=O)OC1. The van der Waals surface area contributed by atoms with Crippen molar-refractivity contribution in [1.82, 2.24) is 0 Å². The van der Waals surface area contributed by atoms with E-state index in [0.717, 1.165) is 51.4 Å². The van der Waals surface area contributed by atoms with Crippen LogP contribution in [0.1, 0.15) is 71.6 Å². The lowest BCUT2D eigenvalue weighted by atomic mass is 9.86. The Kier molecular flexibility index (Phi) is 7.98. The zero-order chi connectivity index (χ0) is 19.0. The maximum absolute atomic E-state index is 12.7. The van der Waals surface area contributed by atoms with E-state index in [1.54, 1.807) is 6.92 Å². The molecule has 0 N–H and O–H groups in total. The van der Waals surface area contributed by atoms with E-state index in [2.05, 4.69) is 6.58 Å². The lowest BCUT2D eigenvalue weighted by Gasteiger charge is -2.33. The van der Waals surface area contributed by atoms with Gasteiger partial charge in [0.25, 0.3) is 0 Å². The zero-order valence-electron chi connectivity index (χ0n) is 16.4. The third kappa shape index (κ3) is 6.03. The Morgan fingerprint density at radius 1 is 1.00 bits per heavy atom. The van der Waals surface area contributed by atoms with Gasteiger partial charge >= 0.3 is 11.9 Å². The lowest BCUT2D eigenvalue weighted by Crippen LogP contribution is -2.40. The minimum atomic E-state index is -0.525. The van der Waals surface area contributed by atoms with Crippen LogP contribution < -0.4 is 0 Å². The van der Waals surface area contributed by atoms with Gasteiger partial charge in [0.05, 0.1) is 29.6 Å². The van der Waals surface area contributed by atoms with Crippen molar-refractivity contribution >= 4 is 11.9 Å². The number of hydrogen-bond donors (Lipinski definition) is 0. The molecule has 0 aromatic carbocycles. The van der Waals surface area contributed by atoms with Gasteiger partial charge in [-0.25, -0.2) is 0 Å². The monoisotopic (exact) mass is 366 g/mol. The maximum Gasteiger partial charge on any atom is 0.308 e. The summed E-state index contributed by atoms with van der Waals surface area (Å²) in [6.07, 6.45) is 8.00. The number of cyclic esters (lactones) is 2. The van der Waals surface area contributed by atoms with Gasteiger partial charge in [-0.2, -0.15) is 0 Å². The summed E-state index contributed by atoms with van der Waals surface area (Å²) in [4.78, 5) is 25.3. The molecule has 2 aliphatic rings. The Labute approximate surface area is 157 Å². The number of carbonyl (C=O) groups is 2. The van der Waals surface area contributed by atoms with Crippen LogP contribution in [0.5, 0.6) is 0 Å². The minimum absolute atomic E-state index is 0.0548. The Morgan fingerprint density at radius 2 is 1.50 bits per heavy atom. The molecule has 0 radical (unpaired) electrons. The summed E-state index contributed by atoms with van der Waals surface area (Å²) in [6, 6.07) is 0. The van der Waals surface area contributed by atoms with E-state index < -0.39 is 5.41 Å². The molecule has 2 rings (SSSR count). The molecule has 2 bridgehead atoms. The Balaban J connectivity index is 2.20. The highest BCUT2D eigenvalue weighted by Crippen LogP contribution is 2.31. The summed E-state index contributed by atoms with van der Waals surface area (Å²) in [5, 5.41) is 0. The highest BCUT2D eigenvalue weighted by Gasteiger charge is 2.36. The van der Waals surface area contributed by atoms with Gasteiger partial charge in [-0.1, -0.05) is 39.2 Å². The van der Waals surface area contributed by atoms with E-state index in [1.807, 2.05) is 6.92 Å². The van der Waals surface area contributed by atoms with E-state index in [-0.39, 0.29) is 37.0 Å². The number of fused-ring (bicyclic) bond motifs is 4. The van der Waals surface area contributed by atoms with E-state index >= 15 is 0 Å². The van der Waals surface area contributed by atoms with E-state index in [1.165, 1.54) is 0 Å². The molecule has 148 valence electrons. The summed E-state index contributed by atoms with van der Waals surface area (Å²) in [6.45, 7) is 8.32. The van der Waals surface area contributed by atoms with Crippen LogP contribution >= 0.6 is 0 Å². The molecule has 1 aliphatic heterocycles. The fraction of sp³-hybridized carbons (Fsp3) is 0.810. The molecule has 2 unspecified atom stereocenters. The summed E-state index contributed by atoms with van der Waals surface area (Å²) >= 11 is 0. The van der Waals surface area contributed by atoms with Crippen molar-refractivity contribution in [2.45, 2.75) is 71.6 Å². The molecule has 1 saturated heterocycles. The Bertz CT molecular complexity index is 469. The fourth-order valence-electron chi connectivity index (χ4n) is 3.72. The second kappa shape index (κ2) is 9.98. The smallest absolute Gasteiger partial charge is 0.308 e. The van der Waals surface area contributed by atoms with Crippen molar-refractivity contribution in [2.75, 3.05) is 19.8 Å². The third-order valence-electron chi connectivity index (χ3n) is 5.79. The van der Waals surface area contributed by atoms with Gasteiger partial charge in [0, 0.05) is 0 Å². The van der Waals surface area contributed by atoms with Crippen LogP contribution in [0.15, 0.2) is 12.3 Å². The van der Waals surface area contributed by atoms with Crippen molar-refractivity contribution in [3.05, 3.63) is 12.3 Å². The van der Waals surface area contributed by atoms with Crippen molar-refractivity contribution in [3.8, 4) is 0 Å². The molecule has 2 atom stereocenters. The van der Waals surface area contributed by atoms with Crippen LogP contribution in [0, 0.1) is 17.3 Å². The normalized spacial score (nSPS) is 31.3. The average Bonchev–Trinajstić information content (AvgIpc) is 2.64. The molecule has 1 saturated carbocycles. The molecule has 5 nitrogen and oxygen atoms in total. The molecule has 5 heteroatoms. The maximum atomic E-state index is 12.7. The van der Waals surface area contributed by atoms with E-state index in [4.69, 9.17) is 14.2 Å². The molecular weight excluding hydrogens is 332 g/mol. The van der Waals surface area contributed by atoms with E-state index in [0.29, 0.717) is 18.8 Å². The topological polar surface area (TPSA) is 61.8 Å². The highest BCUT2D eigenvalue weighted by molar-refractivity contribution is 5.73. The summed E-state index contributed by atoms with van der Waals surface area (Å²) < 4.78 is 17.0. The first-order valence-electron chi connectivity index (χ1n) is 10.1. The van der Waals surface area contributed by atoms with Gasteiger partial charge in [0.1, 0.15) is 13.2 Å². The van der Waals surface area contributed by atoms with Crippen LogP contribution in [0.3, 0.4) is 0 Å². The number of hydrogen-bond acceptors (Lipinski definition) is 5. The molecule has 1 aliphatic carbocycles. The average molecular weight is 366 g/mol. The number of esters is 2. The van der Waals surface area contributed by atoms with Gasteiger partial charge in [0.15, 0.2) is 0 Å². The second-order valence-electron chi connectivity index (χ2n) is 8.02. The first kappa shape index (κ1) is 20.8. The summed E-state index contributed by atoms with van der Waals surface area (Å²) in [7, 11) is 0. The van der Waals surface area contributed by atoms with Crippen LogP contribution in [0.2, 0.25) is 0 Å². The largest absolute Gasteiger partial charge is 0.498 e. The predicted molar refractivity (Wildman–Crippen MR) is 99.3 cm³/mol. The van der Waals surface area contributed by atoms with Gasteiger partial charge in [-0.05, 0) is 39.0 Å². The molecule has 1 heterocycles. The number of carbonyl (C=O) groups excluding carboxylic acids is 2. The van der Waals surface area contributed by atoms with Crippen molar-refractivity contribution in [3.63, 3.8) is 0 Å². The van der Waals surface area contributed by atoms with Crippen molar-refractivity contribution in [2.24, 2.45) is 17.3 Å².